The Morgan fingerprint density at radius 1 is 0.512 bits per heavy atom. The Labute approximate surface area is 246 Å². The van der Waals surface area contributed by atoms with Crippen LogP contribution in [0.3, 0.4) is 0 Å². The fourth-order valence-electron chi connectivity index (χ4n) is 7.11. The molecule has 0 N–H and O–H groups in total. The Bertz CT molecular complexity index is 2650. The summed E-state index contributed by atoms with van der Waals surface area (Å²) in [6.45, 7) is 4.00. The maximum atomic E-state index is 13.6. The second kappa shape index (κ2) is 8.70. The second-order valence-corrected chi connectivity index (χ2v) is 11.5. The average molecular weight is 555 g/mol. The van der Waals surface area contributed by atoms with Crippen molar-refractivity contribution in [2.45, 2.75) is 13.8 Å². The average Bonchev–Trinajstić information content (AvgIpc) is 3.54. The van der Waals surface area contributed by atoms with E-state index in [1.165, 1.54) is 21.5 Å². The van der Waals surface area contributed by atoms with Crippen molar-refractivity contribution in [2.24, 2.45) is 0 Å². The fourth-order valence-corrected chi connectivity index (χ4v) is 7.11. The monoisotopic (exact) mass is 554 g/mol. The summed E-state index contributed by atoms with van der Waals surface area (Å²) < 4.78 is 11.1. The van der Waals surface area contributed by atoms with Crippen molar-refractivity contribution in [1.82, 2.24) is 9.13 Å². The van der Waals surface area contributed by atoms with Crippen molar-refractivity contribution in [2.75, 3.05) is 0 Å². The van der Waals surface area contributed by atoms with E-state index < -0.39 is 0 Å². The van der Waals surface area contributed by atoms with Gasteiger partial charge in [0.2, 0.25) is 5.43 Å². The second-order valence-electron chi connectivity index (χ2n) is 11.5. The molecule has 0 saturated heterocycles. The lowest BCUT2D eigenvalue weighted by atomic mass is 10.0. The molecule has 0 aliphatic rings. The van der Waals surface area contributed by atoms with Gasteiger partial charge in [0.25, 0.3) is 0 Å². The molecule has 4 heteroatoms. The number of aromatic nitrogens is 2. The molecule has 0 aliphatic carbocycles. The minimum Gasteiger partial charge on any atom is -0.456 e. The zero-order chi connectivity index (χ0) is 28.8. The van der Waals surface area contributed by atoms with Crippen molar-refractivity contribution in [3.63, 3.8) is 0 Å². The lowest BCUT2D eigenvalue weighted by Crippen LogP contribution is -2.05. The highest BCUT2D eigenvalue weighted by atomic mass is 16.3. The summed E-state index contributed by atoms with van der Waals surface area (Å²) in [4.78, 5) is 13.6. The van der Waals surface area contributed by atoms with Crippen molar-refractivity contribution in [3.05, 3.63) is 143 Å². The van der Waals surface area contributed by atoms with Gasteiger partial charge in [-0.3, -0.25) is 4.79 Å². The fraction of sp³-hybridized carbons (Fsp3) is 0.0513. The van der Waals surface area contributed by atoms with Crippen molar-refractivity contribution >= 4 is 65.6 Å². The highest BCUT2D eigenvalue weighted by Crippen LogP contribution is 2.42. The minimum atomic E-state index is 0.0100. The molecule has 3 heterocycles. The van der Waals surface area contributed by atoms with Gasteiger partial charge in [-0.05, 0) is 73.5 Å². The van der Waals surface area contributed by atoms with Crippen LogP contribution in [0.1, 0.15) is 11.1 Å². The summed E-state index contributed by atoms with van der Waals surface area (Å²) in [6.07, 6.45) is 0. The summed E-state index contributed by atoms with van der Waals surface area (Å²) in [5, 5.41) is 6.00. The molecule has 6 aromatic carbocycles. The molecule has 3 aromatic heterocycles. The third kappa shape index (κ3) is 3.29. The summed E-state index contributed by atoms with van der Waals surface area (Å²) in [5.41, 5.74) is 9.87. The van der Waals surface area contributed by atoms with Crippen LogP contribution in [0.2, 0.25) is 0 Å². The SMILES string of the molecule is Cc1cc(C)c2c(=O)c3ccc(-n4c5ccccc5c5ccc6c(c7ccccc7n6-c6ccccc6)c54)cc3oc2c1. The van der Waals surface area contributed by atoms with Crippen LogP contribution in [-0.4, -0.2) is 9.13 Å². The Balaban J connectivity index is 1.45. The molecule has 9 aromatic rings. The third-order valence-corrected chi connectivity index (χ3v) is 8.84. The molecule has 0 amide bonds. The van der Waals surface area contributed by atoms with Gasteiger partial charge in [-0.25, -0.2) is 0 Å². The Morgan fingerprint density at radius 3 is 2.02 bits per heavy atom. The molecule has 43 heavy (non-hydrogen) atoms. The predicted octanol–water partition coefficient (Wildman–Crippen LogP) is 9.76. The van der Waals surface area contributed by atoms with E-state index in [0.29, 0.717) is 21.9 Å². The van der Waals surface area contributed by atoms with Gasteiger partial charge in [0.15, 0.2) is 0 Å². The standard InChI is InChI=1S/C39H26N2O2/c1-23-20-24(2)36-35(21-23)43-34-22-26(16-17-30(34)39(36)42)41-31-14-8-6-12-27(31)28-18-19-33-37(38(28)41)29-13-7-9-15-32(29)40(33)25-10-4-3-5-11-25/h3-22H,1-2H3. The molecule has 0 atom stereocenters. The topological polar surface area (TPSA) is 40.1 Å². The van der Waals surface area contributed by atoms with E-state index in [9.17, 15) is 4.79 Å². The van der Waals surface area contributed by atoms with Gasteiger partial charge in [-0.2, -0.15) is 0 Å². The molecule has 0 radical (unpaired) electrons. The van der Waals surface area contributed by atoms with Crippen molar-refractivity contribution in [1.29, 1.82) is 0 Å². The third-order valence-electron chi connectivity index (χ3n) is 8.84. The van der Waals surface area contributed by atoms with Crippen LogP contribution in [0.4, 0.5) is 0 Å². The smallest absolute Gasteiger partial charge is 0.200 e. The summed E-state index contributed by atoms with van der Waals surface area (Å²) in [5.74, 6) is 0. The molecule has 204 valence electrons. The van der Waals surface area contributed by atoms with E-state index in [0.717, 1.165) is 44.6 Å². The Hall–Kier alpha value is -5.61. The van der Waals surface area contributed by atoms with Gasteiger partial charge in [0.05, 0.1) is 32.8 Å². The first-order valence-corrected chi connectivity index (χ1v) is 14.6. The van der Waals surface area contributed by atoms with Crippen LogP contribution in [0.5, 0.6) is 0 Å². The molecule has 0 bridgehead atoms. The normalized spacial score (nSPS) is 12.0. The molecular weight excluding hydrogens is 528 g/mol. The molecule has 0 spiro atoms. The van der Waals surface area contributed by atoms with Crippen LogP contribution in [0.15, 0.2) is 131 Å². The van der Waals surface area contributed by atoms with Gasteiger partial charge < -0.3 is 13.6 Å². The Kier molecular flexibility index (Phi) is 4.86. The highest BCUT2D eigenvalue weighted by Gasteiger charge is 2.21. The van der Waals surface area contributed by atoms with Crippen LogP contribution >= 0.6 is 0 Å². The van der Waals surface area contributed by atoms with E-state index in [1.54, 1.807) is 0 Å². The molecular formula is C39H26N2O2. The number of nitrogens with zero attached hydrogens (tertiary/aromatic N) is 2. The van der Waals surface area contributed by atoms with Crippen LogP contribution in [-0.2, 0) is 0 Å². The number of aryl methyl sites for hydroxylation is 2. The van der Waals surface area contributed by atoms with Gasteiger partial charge in [0, 0.05) is 39.0 Å². The number of hydrogen-bond donors (Lipinski definition) is 0. The van der Waals surface area contributed by atoms with E-state index in [1.807, 2.05) is 38.1 Å². The van der Waals surface area contributed by atoms with Gasteiger partial charge in [0.1, 0.15) is 11.2 Å². The molecule has 9 rings (SSSR count). The van der Waals surface area contributed by atoms with E-state index in [2.05, 4.69) is 106 Å². The number of para-hydroxylation sites is 3. The van der Waals surface area contributed by atoms with Gasteiger partial charge in [-0.1, -0.05) is 66.7 Å². The first kappa shape index (κ1) is 24.0. The Morgan fingerprint density at radius 2 is 1.21 bits per heavy atom. The predicted molar refractivity (Wildman–Crippen MR) is 178 cm³/mol. The molecule has 0 saturated carbocycles. The maximum absolute atomic E-state index is 13.6. The largest absolute Gasteiger partial charge is 0.456 e. The summed E-state index contributed by atoms with van der Waals surface area (Å²) in [6, 6.07) is 42.2. The molecule has 0 aliphatic heterocycles. The quantitative estimate of drug-likeness (QED) is 0.200. The van der Waals surface area contributed by atoms with E-state index in [4.69, 9.17) is 4.42 Å². The number of fused-ring (bicyclic) bond motifs is 9. The summed E-state index contributed by atoms with van der Waals surface area (Å²) >= 11 is 0. The van der Waals surface area contributed by atoms with E-state index in [-0.39, 0.29) is 5.43 Å². The zero-order valence-corrected chi connectivity index (χ0v) is 23.8. The molecule has 4 nitrogen and oxygen atoms in total. The van der Waals surface area contributed by atoms with Crippen LogP contribution in [0, 0.1) is 13.8 Å². The first-order valence-electron chi connectivity index (χ1n) is 14.6. The zero-order valence-electron chi connectivity index (χ0n) is 23.8. The highest BCUT2D eigenvalue weighted by molar-refractivity contribution is 6.26. The number of rotatable bonds is 2. The number of benzene rings is 6. The number of hydrogen-bond acceptors (Lipinski definition) is 2. The van der Waals surface area contributed by atoms with Crippen molar-refractivity contribution < 1.29 is 4.42 Å². The van der Waals surface area contributed by atoms with Crippen LogP contribution < -0.4 is 5.43 Å². The minimum absolute atomic E-state index is 0.0100. The van der Waals surface area contributed by atoms with E-state index >= 15 is 0 Å². The van der Waals surface area contributed by atoms with Gasteiger partial charge in [-0.15, -0.1) is 0 Å². The maximum Gasteiger partial charge on any atom is 0.200 e. The first-order chi connectivity index (χ1) is 21.1. The lowest BCUT2D eigenvalue weighted by molar-refractivity contribution is 0.659. The molecule has 0 unspecified atom stereocenters. The summed E-state index contributed by atoms with van der Waals surface area (Å²) in [7, 11) is 0. The van der Waals surface area contributed by atoms with Crippen LogP contribution in [0.25, 0.3) is 76.9 Å². The lowest BCUT2D eigenvalue weighted by Gasteiger charge is -2.11. The molecule has 0 fully saturated rings. The van der Waals surface area contributed by atoms with Crippen molar-refractivity contribution in [3.8, 4) is 11.4 Å². The van der Waals surface area contributed by atoms with Gasteiger partial charge >= 0.3 is 0 Å².